The zero-order valence-corrected chi connectivity index (χ0v) is 11.0. The van der Waals surface area contributed by atoms with Gasteiger partial charge in [-0.2, -0.15) is 0 Å². The van der Waals surface area contributed by atoms with Gasteiger partial charge in [-0.15, -0.1) is 0 Å². The molecule has 16 heavy (non-hydrogen) atoms. The molecule has 1 aliphatic carbocycles. The Kier molecular flexibility index (Phi) is 4.66. The minimum atomic E-state index is 0.749. The normalized spacial score (nSPS) is 29.8. The van der Waals surface area contributed by atoms with Crippen LogP contribution in [-0.2, 0) is 0 Å². The molecule has 2 aliphatic rings. The Morgan fingerprint density at radius 1 is 1.12 bits per heavy atom. The van der Waals surface area contributed by atoms with Gasteiger partial charge in [-0.25, -0.2) is 0 Å². The van der Waals surface area contributed by atoms with E-state index in [1.165, 1.54) is 57.9 Å². The van der Waals surface area contributed by atoms with Crippen molar-refractivity contribution < 1.29 is 0 Å². The summed E-state index contributed by atoms with van der Waals surface area (Å²) in [6, 6.07) is 2.41. The van der Waals surface area contributed by atoms with Crippen LogP contribution in [-0.4, -0.2) is 36.6 Å². The van der Waals surface area contributed by atoms with Gasteiger partial charge in [0.15, 0.2) is 0 Å². The van der Waals surface area contributed by atoms with E-state index in [9.17, 15) is 0 Å². The minimum absolute atomic E-state index is 0.749. The molecule has 1 saturated carbocycles. The molecule has 1 aliphatic heterocycles. The van der Waals surface area contributed by atoms with E-state index in [1.807, 2.05) is 0 Å². The molecule has 2 heteroatoms. The van der Waals surface area contributed by atoms with Crippen molar-refractivity contribution in [1.29, 1.82) is 0 Å². The summed E-state index contributed by atoms with van der Waals surface area (Å²) in [7, 11) is 2.34. The molecular weight excluding hydrogens is 196 g/mol. The lowest BCUT2D eigenvalue weighted by atomic mass is 9.97. The average molecular weight is 224 g/mol. The smallest absolute Gasteiger partial charge is 0.00950 e. The van der Waals surface area contributed by atoms with Crippen molar-refractivity contribution in [2.75, 3.05) is 13.6 Å². The van der Waals surface area contributed by atoms with Crippen LogP contribution < -0.4 is 5.32 Å². The quantitative estimate of drug-likeness (QED) is 0.790. The molecule has 1 N–H and O–H groups in total. The van der Waals surface area contributed by atoms with E-state index < -0.39 is 0 Å². The van der Waals surface area contributed by atoms with E-state index in [0.29, 0.717) is 0 Å². The SMILES string of the molecule is CC(CC1CCCCN1)N(C)C1CCCC1. The third kappa shape index (κ3) is 3.21. The zero-order valence-electron chi connectivity index (χ0n) is 11.0. The third-order valence-corrected chi connectivity index (χ3v) is 4.63. The maximum Gasteiger partial charge on any atom is 0.00950 e. The number of piperidine rings is 1. The lowest BCUT2D eigenvalue weighted by molar-refractivity contribution is 0.161. The summed E-state index contributed by atoms with van der Waals surface area (Å²) < 4.78 is 0. The summed E-state index contributed by atoms with van der Waals surface area (Å²) in [6.07, 6.45) is 11.3. The van der Waals surface area contributed by atoms with Crippen LogP contribution in [0.1, 0.15) is 58.3 Å². The lowest BCUT2D eigenvalue weighted by Crippen LogP contribution is -2.43. The van der Waals surface area contributed by atoms with Gasteiger partial charge >= 0.3 is 0 Å². The highest BCUT2D eigenvalue weighted by Crippen LogP contribution is 2.25. The molecule has 0 aromatic heterocycles. The molecular formula is C14H28N2. The molecule has 2 fully saturated rings. The Labute approximate surface area is 101 Å². The van der Waals surface area contributed by atoms with Gasteiger partial charge in [0, 0.05) is 18.1 Å². The fourth-order valence-corrected chi connectivity index (χ4v) is 3.37. The first-order valence-corrected chi connectivity index (χ1v) is 7.22. The highest BCUT2D eigenvalue weighted by molar-refractivity contribution is 4.82. The second-order valence-corrected chi connectivity index (χ2v) is 5.84. The van der Waals surface area contributed by atoms with E-state index in [2.05, 4.69) is 24.2 Å². The molecule has 2 rings (SSSR count). The number of rotatable bonds is 4. The summed E-state index contributed by atoms with van der Waals surface area (Å²) in [5.74, 6) is 0. The Hall–Kier alpha value is -0.0800. The van der Waals surface area contributed by atoms with E-state index >= 15 is 0 Å². The van der Waals surface area contributed by atoms with Crippen LogP contribution in [0.4, 0.5) is 0 Å². The second kappa shape index (κ2) is 6.02. The number of nitrogens with zero attached hydrogens (tertiary/aromatic N) is 1. The number of hydrogen-bond acceptors (Lipinski definition) is 2. The van der Waals surface area contributed by atoms with Gasteiger partial charge in [0.25, 0.3) is 0 Å². The molecule has 1 saturated heterocycles. The topological polar surface area (TPSA) is 15.3 Å². The summed E-state index contributed by atoms with van der Waals surface area (Å²) in [5, 5.41) is 3.67. The van der Waals surface area contributed by atoms with Gasteiger partial charge in [-0.05, 0) is 52.6 Å². The van der Waals surface area contributed by atoms with E-state index in [4.69, 9.17) is 0 Å². The molecule has 2 nitrogen and oxygen atoms in total. The predicted molar refractivity (Wildman–Crippen MR) is 69.7 cm³/mol. The van der Waals surface area contributed by atoms with Crippen LogP contribution in [0.2, 0.25) is 0 Å². The monoisotopic (exact) mass is 224 g/mol. The van der Waals surface area contributed by atoms with Crippen molar-refractivity contribution in [1.82, 2.24) is 10.2 Å². The van der Waals surface area contributed by atoms with Crippen molar-refractivity contribution in [2.45, 2.75) is 76.4 Å². The molecule has 0 aromatic rings. The summed E-state index contributed by atoms with van der Waals surface area (Å²) in [5.41, 5.74) is 0. The Morgan fingerprint density at radius 3 is 2.44 bits per heavy atom. The number of hydrogen-bond donors (Lipinski definition) is 1. The molecule has 2 unspecified atom stereocenters. The minimum Gasteiger partial charge on any atom is -0.314 e. The predicted octanol–water partition coefficient (Wildman–Crippen LogP) is 2.78. The maximum absolute atomic E-state index is 3.67. The summed E-state index contributed by atoms with van der Waals surface area (Å²) in [4.78, 5) is 2.64. The fraction of sp³-hybridized carbons (Fsp3) is 1.00. The summed E-state index contributed by atoms with van der Waals surface area (Å²) in [6.45, 7) is 3.65. The van der Waals surface area contributed by atoms with Crippen LogP contribution in [0.5, 0.6) is 0 Å². The lowest BCUT2D eigenvalue weighted by Gasteiger charge is -2.34. The molecule has 0 spiro atoms. The van der Waals surface area contributed by atoms with Crippen molar-refractivity contribution in [3.05, 3.63) is 0 Å². The van der Waals surface area contributed by atoms with E-state index in [0.717, 1.165) is 18.1 Å². The van der Waals surface area contributed by atoms with Crippen LogP contribution >= 0.6 is 0 Å². The zero-order chi connectivity index (χ0) is 11.4. The van der Waals surface area contributed by atoms with Gasteiger partial charge < -0.3 is 10.2 Å². The highest BCUT2D eigenvalue weighted by Gasteiger charge is 2.25. The average Bonchev–Trinajstić information content (AvgIpc) is 2.83. The van der Waals surface area contributed by atoms with Crippen molar-refractivity contribution in [2.24, 2.45) is 0 Å². The molecule has 94 valence electrons. The fourth-order valence-electron chi connectivity index (χ4n) is 3.37. The van der Waals surface area contributed by atoms with Crippen molar-refractivity contribution in [3.63, 3.8) is 0 Å². The third-order valence-electron chi connectivity index (χ3n) is 4.63. The van der Waals surface area contributed by atoms with Gasteiger partial charge in [0.2, 0.25) is 0 Å². The van der Waals surface area contributed by atoms with Gasteiger partial charge in [-0.1, -0.05) is 19.3 Å². The van der Waals surface area contributed by atoms with Crippen LogP contribution in [0.3, 0.4) is 0 Å². The molecule has 0 bridgehead atoms. The molecule has 0 amide bonds. The number of nitrogens with one attached hydrogen (secondary N) is 1. The van der Waals surface area contributed by atoms with Crippen LogP contribution in [0.15, 0.2) is 0 Å². The van der Waals surface area contributed by atoms with Crippen molar-refractivity contribution >= 4 is 0 Å². The van der Waals surface area contributed by atoms with E-state index in [1.54, 1.807) is 0 Å². The first-order valence-electron chi connectivity index (χ1n) is 7.22. The summed E-state index contributed by atoms with van der Waals surface area (Å²) >= 11 is 0. The molecule has 0 aromatic carbocycles. The highest BCUT2D eigenvalue weighted by atomic mass is 15.2. The largest absolute Gasteiger partial charge is 0.314 e. The standard InChI is InChI=1S/C14H28N2/c1-12(11-13-7-5-6-10-15-13)16(2)14-8-3-4-9-14/h12-15H,3-11H2,1-2H3. The molecule has 0 radical (unpaired) electrons. The molecule has 2 atom stereocenters. The molecule has 1 heterocycles. The van der Waals surface area contributed by atoms with Gasteiger partial charge in [0.05, 0.1) is 0 Å². The first kappa shape index (κ1) is 12.4. The Morgan fingerprint density at radius 2 is 1.81 bits per heavy atom. The second-order valence-electron chi connectivity index (χ2n) is 5.84. The maximum atomic E-state index is 3.67. The Bertz CT molecular complexity index is 193. The Balaban J connectivity index is 1.74. The van der Waals surface area contributed by atoms with Gasteiger partial charge in [0.1, 0.15) is 0 Å². The van der Waals surface area contributed by atoms with Crippen LogP contribution in [0, 0.1) is 0 Å². The van der Waals surface area contributed by atoms with Gasteiger partial charge in [-0.3, -0.25) is 0 Å². The van der Waals surface area contributed by atoms with Crippen LogP contribution in [0.25, 0.3) is 0 Å². The first-order chi connectivity index (χ1) is 7.77. The van der Waals surface area contributed by atoms with Crippen molar-refractivity contribution in [3.8, 4) is 0 Å². The van der Waals surface area contributed by atoms with E-state index in [-0.39, 0.29) is 0 Å².